The van der Waals surface area contributed by atoms with Crippen molar-refractivity contribution in [3.8, 4) is 0 Å². The summed E-state index contributed by atoms with van der Waals surface area (Å²) in [4.78, 5) is 0. The average molecular weight is 225 g/mol. The van der Waals surface area contributed by atoms with Crippen LogP contribution in [-0.2, 0) is 6.54 Å². The fraction of sp³-hybridized carbons (Fsp3) is 0.0667. The van der Waals surface area contributed by atoms with Gasteiger partial charge in [-0.15, -0.1) is 0 Å². The van der Waals surface area contributed by atoms with Crippen LogP contribution in [0.25, 0.3) is 10.9 Å². The second-order valence-electron chi connectivity index (χ2n) is 4.11. The third-order valence-corrected chi connectivity index (χ3v) is 2.93. The van der Waals surface area contributed by atoms with E-state index in [1.807, 2.05) is 53.2 Å². The zero-order valence-electron chi connectivity index (χ0n) is 9.31. The van der Waals surface area contributed by atoms with Gasteiger partial charge in [-0.2, -0.15) is 0 Å². The molecule has 0 amide bonds. The van der Waals surface area contributed by atoms with Gasteiger partial charge in [-0.1, -0.05) is 42.5 Å². The highest BCUT2D eigenvalue weighted by molar-refractivity contribution is 5.80. The van der Waals surface area contributed by atoms with E-state index in [-0.39, 0.29) is 5.82 Å². The maximum atomic E-state index is 13.8. The minimum absolute atomic E-state index is 0.163. The highest BCUT2D eigenvalue weighted by atomic mass is 19.1. The van der Waals surface area contributed by atoms with Crippen LogP contribution in [-0.4, -0.2) is 4.57 Å². The summed E-state index contributed by atoms with van der Waals surface area (Å²) in [5.74, 6) is -0.163. The molecule has 0 radical (unpaired) electrons. The van der Waals surface area contributed by atoms with Crippen LogP contribution in [0, 0.1) is 5.82 Å². The molecule has 84 valence electrons. The summed E-state index contributed by atoms with van der Waals surface area (Å²) in [5, 5.41) is 0.945. The molecule has 0 saturated carbocycles. The Balaban J connectivity index is 2.07. The van der Waals surface area contributed by atoms with Crippen molar-refractivity contribution in [2.24, 2.45) is 0 Å². The van der Waals surface area contributed by atoms with Crippen LogP contribution in [0.5, 0.6) is 0 Å². The van der Waals surface area contributed by atoms with Crippen molar-refractivity contribution in [2.75, 3.05) is 0 Å². The Morgan fingerprint density at radius 2 is 1.71 bits per heavy atom. The molecular weight excluding hydrogens is 213 g/mol. The normalized spacial score (nSPS) is 10.9. The number of aromatic nitrogens is 1. The van der Waals surface area contributed by atoms with Crippen molar-refractivity contribution < 1.29 is 4.39 Å². The lowest BCUT2D eigenvalue weighted by atomic mass is 10.2. The SMILES string of the molecule is Fc1cccc2ccn(Cc3ccccc3)c12. The number of benzene rings is 2. The van der Waals surface area contributed by atoms with Gasteiger partial charge in [-0.3, -0.25) is 0 Å². The number of nitrogens with zero attached hydrogens (tertiary/aromatic N) is 1. The molecule has 0 N–H and O–H groups in total. The molecule has 0 fully saturated rings. The van der Waals surface area contributed by atoms with E-state index >= 15 is 0 Å². The minimum Gasteiger partial charge on any atom is -0.341 e. The molecule has 1 aromatic heterocycles. The fourth-order valence-corrected chi connectivity index (χ4v) is 2.13. The van der Waals surface area contributed by atoms with Gasteiger partial charge in [0.2, 0.25) is 0 Å². The van der Waals surface area contributed by atoms with Crippen molar-refractivity contribution >= 4 is 10.9 Å². The molecule has 2 heteroatoms. The monoisotopic (exact) mass is 225 g/mol. The first-order chi connectivity index (χ1) is 8.34. The molecule has 2 aromatic carbocycles. The number of fused-ring (bicyclic) bond motifs is 1. The first kappa shape index (κ1) is 10.1. The summed E-state index contributed by atoms with van der Waals surface area (Å²) >= 11 is 0. The predicted octanol–water partition coefficient (Wildman–Crippen LogP) is 3.83. The van der Waals surface area contributed by atoms with Gasteiger partial charge in [0.1, 0.15) is 5.82 Å². The standard InChI is InChI=1S/C15H12FN/c16-14-8-4-7-13-9-10-17(15(13)14)11-12-5-2-1-3-6-12/h1-10H,11H2. The van der Waals surface area contributed by atoms with Crippen LogP contribution in [0.2, 0.25) is 0 Å². The summed E-state index contributed by atoms with van der Waals surface area (Å²) in [6.45, 7) is 0.700. The summed E-state index contributed by atoms with van der Waals surface area (Å²) in [7, 11) is 0. The highest BCUT2D eigenvalue weighted by Crippen LogP contribution is 2.20. The number of halogens is 1. The van der Waals surface area contributed by atoms with Crippen LogP contribution >= 0.6 is 0 Å². The quantitative estimate of drug-likeness (QED) is 0.624. The van der Waals surface area contributed by atoms with E-state index in [1.165, 1.54) is 11.6 Å². The van der Waals surface area contributed by atoms with Crippen molar-refractivity contribution in [2.45, 2.75) is 6.54 Å². The van der Waals surface area contributed by atoms with E-state index in [4.69, 9.17) is 0 Å². The molecule has 1 nitrogen and oxygen atoms in total. The lowest BCUT2D eigenvalue weighted by Crippen LogP contribution is -1.98. The molecule has 0 aliphatic heterocycles. The average Bonchev–Trinajstić information content (AvgIpc) is 2.75. The fourth-order valence-electron chi connectivity index (χ4n) is 2.13. The minimum atomic E-state index is -0.163. The van der Waals surface area contributed by atoms with Gasteiger partial charge in [-0.05, 0) is 17.7 Å². The van der Waals surface area contributed by atoms with Crippen LogP contribution in [0.3, 0.4) is 0 Å². The second-order valence-corrected chi connectivity index (χ2v) is 4.11. The third kappa shape index (κ3) is 1.82. The summed E-state index contributed by atoms with van der Waals surface area (Å²) in [5.41, 5.74) is 1.85. The predicted molar refractivity (Wildman–Crippen MR) is 67.4 cm³/mol. The van der Waals surface area contributed by atoms with Gasteiger partial charge < -0.3 is 4.57 Å². The van der Waals surface area contributed by atoms with E-state index in [1.54, 1.807) is 6.07 Å². The first-order valence-corrected chi connectivity index (χ1v) is 5.62. The zero-order chi connectivity index (χ0) is 11.7. The van der Waals surface area contributed by atoms with E-state index in [0.717, 1.165) is 5.39 Å². The molecule has 0 aliphatic carbocycles. The number of hydrogen-bond donors (Lipinski definition) is 0. The maximum Gasteiger partial charge on any atom is 0.147 e. The number of hydrogen-bond acceptors (Lipinski definition) is 0. The Hall–Kier alpha value is -2.09. The molecule has 17 heavy (non-hydrogen) atoms. The van der Waals surface area contributed by atoms with E-state index in [2.05, 4.69) is 0 Å². The molecule has 1 heterocycles. The van der Waals surface area contributed by atoms with Gasteiger partial charge in [-0.25, -0.2) is 4.39 Å². The molecule has 0 bridgehead atoms. The largest absolute Gasteiger partial charge is 0.341 e. The van der Waals surface area contributed by atoms with Crippen LogP contribution < -0.4 is 0 Å². The van der Waals surface area contributed by atoms with Gasteiger partial charge in [0.15, 0.2) is 0 Å². The van der Waals surface area contributed by atoms with Crippen LogP contribution in [0.1, 0.15) is 5.56 Å². The van der Waals surface area contributed by atoms with E-state index < -0.39 is 0 Å². The lowest BCUT2D eigenvalue weighted by molar-refractivity contribution is 0.628. The lowest BCUT2D eigenvalue weighted by Gasteiger charge is -2.06. The number of para-hydroxylation sites is 1. The van der Waals surface area contributed by atoms with Crippen molar-refractivity contribution in [1.29, 1.82) is 0 Å². The smallest absolute Gasteiger partial charge is 0.147 e. The molecule has 0 saturated heterocycles. The van der Waals surface area contributed by atoms with Gasteiger partial charge in [0.05, 0.1) is 5.52 Å². The summed E-state index contributed by atoms with van der Waals surface area (Å²) < 4.78 is 15.7. The molecule has 0 spiro atoms. The zero-order valence-corrected chi connectivity index (χ0v) is 9.31. The van der Waals surface area contributed by atoms with Gasteiger partial charge in [0.25, 0.3) is 0 Å². The Morgan fingerprint density at radius 1 is 0.882 bits per heavy atom. The molecule has 3 aromatic rings. The van der Waals surface area contributed by atoms with Gasteiger partial charge >= 0.3 is 0 Å². The second kappa shape index (κ2) is 4.06. The number of rotatable bonds is 2. The molecule has 0 aliphatic rings. The van der Waals surface area contributed by atoms with Crippen LogP contribution in [0.15, 0.2) is 60.8 Å². The Bertz CT molecular complexity index is 640. The molecule has 3 rings (SSSR count). The van der Waals surface area contributed by atoms with Gasteiger partial charge in [0, 0.05) is 18.1 Å². The molecular formula is C15H12FN. The Kier molecular flexibility index (Phi) is 2.41. The van der Waals surface area contributed by atoms with E-state index in [0.29, 0.717) is 12.1 Å². The Labute approximate surface area is 99.1 Å². The topological polar surface area (TPSA) is 4.93 Å². The third-order valence-electron chi connectivity index (χ3n) is 2.93. The molecule has 0 atom stereocenters. The summed E-state index contributed by atoms with van der Waals surface area (Å²) in [6.07, 6.45) is 1.93. The van der Waals surface area contributed by atoms with Crippen molar-refractivity contribution in [1.82, 2.24) is 4.57 Å². The highest BCUT2D eigenvalue weighted by Gasteiger charge is 2.06. The van der Waals surface area contributed by atoms with Crippen LogP contribution in [0.4, 0.5) is 4.39 Å². The maximum absolute atomic E-state index is 13.8. The molecule has 0 unspecified atom stereocenters. The van der Waals surface area contributed by atoms with Crippen molar-refractivity contribution in [3.63, 3.8) is 0 Å². The van der Waals surface area contributed by atoms with Crippen molar-refractivity contribution in [3.05, 3.63) is 72.2 Å². The summed E-state index contributed by atoms with van der Waals surface area (Å²) in [6, 6.07) is 17.2. The van der Waals surface area contributed by atoms with E-state index in [9.17, 15) is 4.39 Å². The first-order valence-electron chi connectivity index (χ1n) is 5.62. The Morgan fingerprint density at radius 3 is 2.53 bits per heavy atom.